The maximum atomic E-state index is 11.5. The lowest BCUT2D eigenvalue weighted by Crippen LogP contribution is -2.49. The quantitative estimate of drug-likeness (QED) is 0.709. The highest BCUT2D eigenvalue weighted by molar-refractivity contribution is 5.90. The van der Waals surface area contributed by atoms with Crippen LogP contribution in [0.2, 0.25) is 0 Å². The second-order valence-electron chi connectivity index (χ2n) is 4.84. The first-order chi connectivity index (χ1) is 10.1. The fourth-order valence-corrected chi connectivity index (χ4v) is 2.22. The van der Waals surface area contributed by atoms with Gasteiger partial charge >= 0.3 is 0 Å². The Morgan fingerprint density at radius 1 is 1.29 bits per heavy atom. The van der Waals surface area contributed by atoms with E-state index in [2.05, 4.69) is 20.2 Å². The van der Waals surface area contributed by atoms with Gasteiger partial charge in [-0.2, -0.15) is 0 Å². The van der Waals surface area contributed by atoms with E-state index in [1.165, 1.54) is 6.20 Å². The number of aromatic nitrogens is 2. The van der Waals surface area contributed by atoms with E-state index < -0.39 is 5.91 Å². The van der Waals surface area contributed by atoms with Crippen LogP contribution < -0.4 is 16.0 Å². The van der Waals surface area contributed by atoms with E-state index in [4.69, 9.17) is 5.73 Å². The zero-order chi connectivity index (χ0) is 15.2. The van der Waals surface area contributed by atoms with Crippen molar-refractivity contribution < 1.29 is 9.59 Å². The predicted molar refractivity (Wildman–Crippen MR) is 77.9 cm³/mol. The van der Waals surface area contributed by atoms with Crippen LogP contribution in [0.4, 0.5) is 5.82 Å². The van der Waals surface area contributed by atoms with E-state index in [1.54, 1.807) is 6.20 Å². The lowest BCUT2D eigenvalue weighted by atomic mass is 10.3. The predicted octanol–water partition coefficient (Wildman–Crippen LogP) is -1.17. The first-order valence-electron chi connectivity index (χ1n) is 6.96. The molecule has 1 aromatic rings. The average Bonchev–Trinajstić information content (AvgIpc) is 2.48. The summed E-state index contributed by atoms with van der Waals surface area (Å²) >= 11 is 0. The third kappa shape index (κ3) is 4.12. The number of hydrogen-bond acceptors (Lipinski definition) is 6. The molecule has 1 aromatic heterocycles. The van der Waals surface area contributed by atoms with Crippen molar-refractivity contribution in [2.45, 2.75) is 6.92 Å². The molecule has 21 heavy (non-hydrogen) atoms. The van der Waals surface area contributed by atoms with Crippen LogP contribution in [0.5, 0.6) is 0 Å². The Balaban J connectivity index is 1.90. The zero-order valence-electron chi connectivity index (χ0n) is 12.1. The van der Waals surface area contributed by atoms with Crippen LogP contribution in [0.15, 0.2) is 12.4 Å². The van der Waals surface area contributed by atoms with Crippen molar-refractivity contribution in [3.63, 3.8) is 0 Å². The van der Waals surface area contributed by atoms with Crippen molar-refractivity contribution in [1.82, 2.24) is 20.2 Å². The number of amides is 2. The van der Waals surface area contributed by atoms with Gasteiger partial charge in [-0.15, -0.1) is 0 Å². The SMILES string of the molecule is CCNC(=O)CN1CCN(c2cncc(C(N)=O)n2)CC1. The third-order valence-corrected chi connectivity index (χ3v) is 3.31. The van der Waals surface area contributed by atoms with E-state index in [0.29, 0.717) is 18.9 Å². The van der Waals surface area contributed by atoms with Crippen molar-refractivity contribution in [3.8, 4) is 0 Å². The number of carbonyl (C=O) groups excluding carboxylic acids is 2. The van der Waals surface area contributed by atoms with Crippen LogP contribution in [0.25, 0.3) is 0 Å². The lowest BCUT2D eigenvalue weighted by Gasteiger charge is -2.34. The Kier molecular flexibility index (Phi) is 5.04. The summed E-state index contributed by atoms with van der Waals surface area (Å²) in [7, 11) is 0. The van der Waals surface area contributed by atoms with Crippen LogP contribution in [0, 0.1) is 0 Å². The van der Waals surface area contributed by atoms with Crippen LogP contribution in [-0.4, -0.2) is 66.0 Å². The minimum absolute atomic E-state index is 0.0430. The zero-order valence-corrected chi connectivity index (χ0v) is 12.1. The van der Waals surface area contributed by atoms with E-state index >= 15 is 0 Å². The summed E-state index contributed by atoms with van der Waals surface area (Å²) in [6.45, 7) is 5.95. The van der Waals surface area contributed by atoms with Crippen LogP contribution in [0.1, 0.15) is 17.4 Å². The fourth-order valence-electron chi connectivity index (χ4n) is 2.22. The number of piperazine rings is 1. The summed E-state index contributed by atoms with van der Waals surface area (Å²) < 4.78 is 0. The molecule has 8 nitrogen and oxygen atoms in total. The lowest BCUT2D eigenvalue weighted by molar-refractivity contribution is -0.122. The van der Waals surface area contributed by atoms with Gasteiger partial charge in [0.1, 0.15) is 11.5 Å². The standard InChI is InChI=1S/C13H20N6O2/c1-2-16-12(20)9-18-3-5-19(6-4-18)11-8-15-7-10(17-11)13(14)21/h7-8H,2-6,9H2,1H3,(H2,14,21)(H,16,20). The molecule has 2 rings (SSSR count). The second kappa shape index (κ2) is 6.98. The van der Waals surface area contributed by atoms with Gasteiger partial charge in [-0.25, -0.2) is 4.98 Å². The minimum atomic E-state index is -0.584. The molecule has 0 radical (unpaired) electrons. The Hall–Kier alpha value is -2.22. The minimum Gasteiger partial charge on any atom is -0.364 e. The Labute approximate surface area is 123 Å². The molecule has 1 fully saturated rings. The summed E-state index contributed by atoms with van der Waals surface area (Å²) in [4.78, 5) is 35.0. The molecule has 3 N–H and O–H groups in total. The van der Waals surface area contributed by atoms with Crippen LogP contribution >= 0.6 is 0 Å². The van der Waals surface area contributed by atoms with Gasteiger partial charge in [-0.1, -0.05) is 0 Å². The first kappa shape index (κ1) is 15.2. The molecule has 0 unspecified atom stereocenters. The number of nitrogens with zero attached hydrogens (tertiary/aromatic N) is 4. The van der Waals surface area contributed by atoms with Gasteiger partial charge in [-0.05, 0) is 6.92 Å². The number of nitrogens with one attached hydrogen (secondary N) is 1. The van der Waals surface area contributed by atoms with Gasteiger partial charge in [0.2, 0.25) is 5.91 Å². The Bertz CT molecular complexity index is 513. The highest BCUT2D eigenvalue weighted by Gasteiger charge is 2.20. The van der Waals surface area contributed by atoms with Crippen molar-refractivity contribution in [2.75, 3.05) is 44.2 Å². The van der Waals surface area contributed by atoms with Gasteiger partial charge in [0, 0.05) is 32.7 Å². The molecule has 1 saturated heterocycles. The molecule has 0 atom stereocenters. The van der Waals surface area contributed by atoms with Gasteiger partial charge in [0.25, 0.3) is 5.91 Å². The number of rotatable bonds is 5. The molecule has 2 amide bonds. The van der Waals surface area contributed by atoms with Gasteiger partial charge in [-0.3, -0.25) is 19.5 Å². The summed E-state index contributed by atoms with van der Waals surface area (Å²) in [5.41, 5.74) is 5.37. The molecular weight excluding hydrogens is 272 g/mol. The third-order valence-electron chi connectivity index (χ3n) is 3.31. The molecule has 0 saturated carbocycles. The van der Waals surface area contributed by atoms with Gasteiger partial charge < -0.3 is 16.0 Å². The topological polar surface area (TPSA) is 104 Å². The summed E-state index contributed by atoms with van der Waals surface area (Å²) in [5, 5.41) is 2.79. The summed E-state index contributed by atoms with van der Waals surface area (Å²) in [5.74, 6) is 0.102. The molecule has 1 aliphatic heterocycles. The van der Waals surface area contributed by atoms with Crippen LogP contribution in [-0.2, 0) is 4.79 Å². The molecule has 0 spiro atoms. The molecule has 0 aromatic carbocycles. The van der Waals surface area contributed by atoms with Crippen molar-refractivity contribution in [2.24, 2.45) is 5.73 Å². The maximum absolute atomic E-state index is 11.5. The molecule has 8 heteroatoms. The van der Waals surface area contributed by atoms with E-state index in [-0.39, 0.29) is 11.6 Å². The monoisotopic (exact) mass is 292 g/mol. The second-order valence-corrected chi connectivity index (χ2v) is 4.84. The van der Waals surface area contributed by atoms with Crippen molar-refractivity contribution in [1.29, 1.82) is 0 Å². The first-order valence-corrected chi connectivity index (χ1v) is 6.96. The van der Waals surface area contributed by atoms with E-state index in [9.17, 15) is 9.59 Å². The maximum Gasteiger partial charge on any atom is 0.268 e. The number of primary amides is 1. The summed E-state index contributed by atoms with van der Waals surface area (Å²) in [6, 6.07) is 0. The Morgan fingerprint density at radius 3 is 2.62 bits per heavy atom. The number of hydrogen-bond donors (Lipinski definition) is 2. The molecule has 0 bridgehead atoms. The highest BCUT2D eigenvalue weighted by Crippen LogP contribution is 2.12. The molecule has 1 aliphatic rings. The molecular formula is C13H20N6O2. The van der Waals surface area contributed by atoms with Crippen LogP contribution in [0.3, 0.4) is 0 Å². The number of nitrogens with two attached hydrogens (primary N) is 1. The Morgan fingerprint density at radius 2 is 2.00 bits per heavy atom. The largest absolute Gasteiger partial charge is 0.364 e. The van der Waals surface area contributed by atoms with Crippen molar-refractivity contribution >= 4 is 17.6 Å². The molecule has 0 aliphatic carbocycles. The van der Waals surface area contributed by atoms with E-state index in [1.807, 2.05) is 11.8 Å². The fraction of sp³-hybridized carbons (Fsp3) is 0.538. The summed E-state index contributed by atoms with van der Waals surface area (Å²) in [6.07, 6.45) is 2.98. The number of likely N-dealkylation sites (N-methyl/N-ethyl adjacent to an activating group) is 1. The molecule has 114 valence electrons. The smallest absolute Gasteiger partial charge is 0.268 e. The number of carbonyl (C=O) groups is 2. The number of anilines is 1. The van der Waals surface area contributed by atoms with Gasteiger partial charge in [0.15, 0.2) is 0 Å². The van der Waals surface area contributed by atoms with E-state index in [0.717, 1.165) is 26.2 Å². The molecule has 2 heterocycles. The van der Waals surface area contributed by atoms with Gasteiger partial charge in [0.05, 0.1) is 18.9 Å². The normalized spacial score (nSPS) is 15.8. The highest BCUT2D eigenvalue weighted by atomic mass is 16.2. The average molecular weight is 292 g/mol. The van der Waals surface area contributed by atoms with Crippen molar-refractivity contribution in [3.05, 3.63) is 18.1 Å².